The molecule has 2 aromatic carbocycles. The molecule has 4 aromatic rings. The van der Waals surface area contributed by atoms with E-state index in [0.717, 1.165) is 24.3 Å². The van der Waals surface area contributed by atoms with Gasteiger partial charge in [-0.05, 0) is 66.1 Å². The van der Waals surface area contributed by atoms with Crippen molar-refractivity contribution in [3.8, 4) is 11.1 Å². The van der Waals surface area contributed by atoms with Crippen LogP contribution in [0.1, 0.15) is 11.1 Å². The van der Waals surface area contributed by atoms with Crippen molar-refractivity contribution >= 4 is 26.6 Å². The number of fused-ring (bicyclic) bond motifs is 1. The highest BCUT2D eigenvalue weighted by molar-refractivity contribution is 7.92. The predicted molar refractivity (Wildman–Crippen MR) is 108 cm³/mol. The first-order valence-electron chi connectivity index (χ1n) is 8.98. The van der Waals surface area contributed by atoms with Gasteiger partial charge in [-0.25, -0.2) is 4.39 Å². The number of sulfonamides is 1. The van der Waals surface area contributed by atoms with Gasteiger partial charge in [0.15, 0.2) is 5.03 Å². The van der Waals surface area contributed by atoms with Crippen LogP contribution in [0.5, 0.6) is 0 Å². The van der Waals surface area contributed by atoms with Crippen LogP contribution in [0.3, 0.4) is 0 Å². The van der Waals surface area contributed by atoms with Crippen molar-refractivity contribution in [2.75, 3.05) is 4.72 Å². The van der Waals surface area contributed by atoms with Gasteiger partial charge in [0, 0.05) is 23.3 Å². The first kappa shape index (κ1) is 20.9. The van der Waals surface area contributed by atoms with Crippen molar-refractivity contribution in [3.63, 3.8) is 0 Å². The molecule has 0 saturated carbocycles. The molecule has 31 heavy (non-hydrogen) atoms. The average Bonchev–Trinajstić information content (AvgIpc) is 3.05. The molecule has 0 fully saturated rings. The van der Waals surface area contributed by atoms with Gasteiger partial charge >= 0.3 is 6.18 Å². The van der Waals surface area contributed by atoms with E-state index in [9.17, 15) is 26.0 Å². The molecule has 0 aliphatic carbocycles. The fourth-order valence-electron chi connectivity index (χ4n) is 3.33. The number of H-pyrrole nitrogens is 1. The number of rotatable bonds is 4. The van der Waals surface area contributed by atoms with Crippen LogP contribution in [0.15, 0.2) is 66.0 Å². The minimum atomic E-state index is -4.81. The lowest BCUT2D eigenvalue weighted by molar-refractivity contribution is -0.136. The number of anilines is 1. The van der Waals surface area contributed by atoms with E-state index in [4.69, 9.17) is 0 Å². The summed E-state index contributed by atoms with van der Waals surface area (Å²) in [5.74, 6) is -0.558. The maximum Gasteiger partial charge on any atom is 0.418 e. The normalized spacial score (nSPS) is 12.3. The molecule has 2 heterocycles. The van der Waals surface area contributed by atoms with Crippen LogP contribution >= 0.6 is 0 Å². The van der Waals surface area contributed by atoms with Crippen molar-refractivity contribution in [2.24, 2.45) is 0 Å². The molecular formula is C21H15F4N3O2S. The number of aromatic amines is 1. The molecule has 0 radical (unpaired) electrons. The number of aromatic nitrogens is 2. The van der Waals surface area contributed by atoms with Crippen molar-refractivity contribution in [1.82, 2.24) is 9.97 Å². The minimum absolute atomic E-state index is 0.198. The number of hydrogen-bond acceptors (Lipinski definition) is 3. The quantitative estimate of drug-likeness (QED) is 0.404. The highest BCUT2D eigenvalue weighted by Crippen LogP contribution is 2.38. The highest BCUT2D eigenvalue weighted by atomic mass is 32.2. The lowest BCUT2D eigenvalue weighted by Crippen LogP contribution is -2.18. The fourth-order valence-corrected chi connectivity index (χ4v) is 4.66. The topological polar surface area (TPSA) is 74.8 Å². The molecule has 0 unspecified atom stereocenters. The molecule has 0 bridgehead atoms. The zero-order valence-electron chi connectivity index (χ0n) is 16.0. The maximum absolute atomic E-state index is 13.7. The number of nitrogens with one attached hydrogen (secondary N) is 2. The first-order valence-corrected chi connectivity index (χ1v) is 10.5. The van der Waals surface area contributed by atoms with Crippen molar-refractivity contribution in [3.05, 3.63) is 77.9 Å². The van der Waals surface area contributed by atoms with Gasteiger partial charge in [-0.2, -0.15) is 21.6 Å². The number of alkyl halides is 3. The summed E-state index contributed by atoms with van der Waals surface area (Å²) in [6.07, 6.45) is -1.92. The summed E-state index contributed by atoms with van der Waals surface area (Å²) >= 11 is 0. The zero-order chi connectivity index (χ0) is 22.4. The Kier molecular flexibility index (Phi) is 4.97. The summed E-state index contributed by atoms with van der Waals surface area (Å²) in [4.78, 5) is 6.47. The van der Waals surface area contributed by atoms with E-state index in [-0.39, 0.29) is 16.2 Å². The monoisotopic (exact) mass is 449 g/mol. The van der Waals surface area contributed by atoms with E-state index in [1.807, 2.05) is 4.72 Å². The molecule has 10 heteroatoms. The first-order chi connectivity index (χ1) is 14.6. The molecular weight excluding hydrogens is 434 g/mol. The number of hydrogen-bond donors (Lipinski definition) is 2. The maximum atomic E-state index is 13.7. The van der Waals surface area contributed by atoms with Gasteiger partial charge in [-0.15, -0.1) is 0 Å². The molecule has 0 saturated heterocycles. The summed E-state index contributed by atoms with van der Waals surface area (Å²) in [7, 11) is -4.42. The van der Waals surface area contributed by atoms with Gasteiger partial charge in [0.05, 0.1) is 11.3 Å². The molecule has 2 aromatic heterocycles. The van der Waals surface area contributed by atoms with E-state index in [1.54, 1.807) is 12.1 Å². The van der Waals surface area contributed by atoms with Gasteiger partial charge in [0.25, 0.3) is 10.0 Å². The Hall–Kier alpha value is -3.40. The summed E-state index contributed by atoms with van der Waals surface area (Å²) in [6.45, 7) is 1.45. The van der Waals surface area contributed by atoms with Gasteiger partial charge < -0.3 is 4.98 Å². The minimum Gasteiger partial charge on any atom is -0.344 e. The Morgan fingerprint density at radius 1 is 0.968 bits per heavy atom. The third kappa shape index (κ3) is 3.98. The Balaban J connectivity index is 1.79. The third-order valence-corrected chi connectivity index (χ3v) is 6.26. The number of pyridine rings is 1. The molecule has 5 nitrogen and oxygen atoms in total. The van der Waals surface area contributed by atoms with Crippen molar-refractivity contribution in [2.45, 2.75) is 18.1 Å². The average molecular weight is 449 g/mol. The molecule has 4 rings (SSSR count). The second-order valence-electron chi connectivity index (χ2n) is 6.87. The lowest BCUT2D eigenvalue weighted by Gasteiger charge is -2.16. The molecule has 160 valence electrons. The third-order valence-electron chi connectivity index (χ3n) is 4.83. The van der Waals surface area contributed by atoms with E-state index in [2.05, 4.69) is 9.97 Å². The molecule has 2 N–H and O–H groups in total. The lowest BCUT2D eigenvalue weighted by atomic mass is 10.0. The Morgan fingerprint density at radius 2 is 1.68 bits per heavy atom. The van der Waals surface area contributed by atoms with Gasteiger partial charge in [-0.1, -0.05) is 6.07 Å². The number of halogens is 4. The van der Waals surface area contributed by atoms with Crippen LogP contribution in [0.25, 0.3) is 22.0 Å². The summed E-state index contributed by atoms with van der Waals surface area (Å²) in [6, 6.07) is 10.1. The van der Waals surface area contributed by atoms with E-state index >= 15 is 0 Å². The Labute approximate surface area is 174 Å². The van der Waals surface area contributed by atoms with E-state index < -0.39 is 33.3 Å². The second kappa shape index (κ2) is 7.38. The van der Waals surface area contributed by atoms with Gasteiger partial charge in [0.2, 0.25) is 0 Å². The summed E-state index contributed by atoms with van der Waals surface area (Å²) in [5.41, 5.74) is -0.439. The predicted octanol–water partition coefficient (Wildman–Crippen LogP) is 5.50. The SMILES string of the molecule is Cc1c(S(=O)(=O)Nc2ccc(-c3ccncc3)cc2C(F)(F)F)[nH]c2ccc(F)cc12. The van der Waals surface area contributed by atoms with Crippen LogP contribution in [0, 0.1) is 12.7 Å². The highest BCUT2D eigenvalue weighted by Gasteiger charge is 2.35. The van der Waals surface area contributed by atoms with E-state index in [0.29, 0.717) is 16.5 Å². The van der Waals surface area contributed by atoms with Crippen LogP contribution in [0.4, 0.5) is 23.2 Å². The van der Waals surface area contributed by atoms with Crippen molar-refractivity contribution in [1.29, 1.82) is 0 Å². The van der Waals surface area contributed by atoms with E-state index in [1.165, 1.54) is 31.5 Å². The molecule has 0 spiro atoms. The zero-order valence-corrected chi connectivity index (χ0v) is 16.8. The standard InChI is InChI=1S/C21H15F4N3O2S/c1-12-16-11-15(22)3-5-18(16)27-20(12)31(29,30)28-19-4-2-14(10-17(19)21(23,24)25)13-6-8-26-9-7-13/h2-11,27-28H,1H3. The van der Waals surface area contributed by atoms with Crippen LogP contribution in [-0.4, -0.2) is 18.4 Å². The number of aryl methyl sites for hydroxylation is 1. The fraction of sp³-hybridized carbons (Fsp3) is 0.0952. The van der Waals surface area contributed by atoms with Crippen LogP contribution < -0.4 is 4.72 Å². The van der Waals surface area contributed by atoms with Crippen LogP contribution in [-0.2, 0) is 16.2 Å². The smallest absolute Gasteiger partial charge is 0.344 e. The molecule has 0 aliphatic rings. The summed E-state index contributed by atoms with van der Waals surface area (Å²) < 4.78 is 82.5. The largest absolute Gasteiger partial charge is 0.418 e. The molecule has 0 atom stereocenters. The number of nitrogens with zero attached hydrogens (tertiary/aromatic N) is 1. The van der Waals surface area contributed by atoms with Crippen LogP contribution in [0.2, 0.25) is 0 Å². The molecule has 0 aliphatic heterocycles. The summed E-state index contributed by atoms with van der Waals surface area (Å²) in [5, 5.41) is -0.0103. The molecule has 0 amide bonds. The van der Waals surface area contributed by atoms with Gasteiger partial charge in [-0.3, -0.25) is 9.71 Å². The van der Waals surface area contributed by atoms with Crippen molar-refractivity contribution < 1.29 is 26.0 Å². The Bertz CT molecular complexity index is 1380. The Morgan fingerprint density at radius 3 is 2.35 bits per heavy atom. The second-order valence-corrected chi connectivity index (χ2v) is 8.49. The number of benzene rings is 2. The van der Waals surface area contributed by atoms with Gasteiger partial charge in [0.1, 0.15) is 5.82 Å².